The average Bonchev–Trinajstić information content (AvgIpc) is 2.28. The van der Waals surface area contributed by atoms with Gasteiger partial charge >= 0.3 is 0 Å². The molecule has 17 heavy (non-hydrogen) atoms. The van der Waals surface area contributed by atoms with Gasteiger partial charge in [-0.25, -0.2) is 9.97 Å². The van der Waals surface area contributed by atoms with Crippen LogP contribution in [0.4, 0.5) is 5.82 Å². The van der Waals surface area contributed by atoms with Crippen LogP contribution in [0.2, 0.25) is 0 Å². The van der Waals surface area contributed by atoms with Crippen molar-refractivity contribution >= 4 is 21.7 Å². The molecule has 1 aliphatic heterocycles. The molecule has 1 aromatic heterocycles. The van der Waals surface area contributed by atoms with Crippen LogP contribution in [-0.2, 0) is 6.42 Å². The number of piperidine rings is 1. The fraction of sp³-hybridized carbons (Fsp3) is 0.667. The molecule has 1 aliphatic rings. The fourth-order valence-corrected chi connectivity index (χ4v) is 2.52. The number of nitrogens with zero attached hydrogens (tertiary/aromatic N) is 3. The van der Waals surface area contributed by atoms with Crippen LogP contribution in [0, 0.1) is 0 Å². The lowest BCUT2D eigenvalue weighted by Gasteiger charge is -2.31. The molecule has 4 nitrogen and oxygen atoms in total. The van der Waals surface area contributed by atoms with Gasteiger partial charge in [0.2, 0.25) is 0 Å². The van der Waals surface area contributed by atoms with Gasteiger partial charge in [-0.05, 0) is 35.2 Å². The van der Waals surface area contributed by atoms with Gasteiger partial charge in [-0.2, -0.15) is 0 Å². The lowest BCUT2D eigenvalue weighted by Crippen LogP contribution is -2.38. The molecule has 0 saturated carbocycles. The highest BCUT2D eigenvalue weighted by atomic mass is 79.9. The third kappa shape index (κ3) is 3.39. The van der Waals surface area contributed by atoms with E-state index >= 15 is 0 Å². The minimum Gasteiger partial charge on any atom is -0.391 e. The van der Waals surface area contributed by atoms with Gasteiger partial charge in [0, 0.05) is 25.6 Å². The smallest absolute Gasteiger partial charge is 0.133 e. The van der Waals surface area contributed by atoms with Crippen molar-refractivity contribution in [2.24, 2.45) is 0 Å². The molecule has 1 unspecified atom stereocenters. The van der Waals surface area contributed by atoms with E-state index in [2.05, 4.69) is 37.7 Å². The number of aliphatic hydroxyl groups is 1. The van der Waals surface area contributed by atoms with E-state index in [1.165, 1.54) is 0 Å². The van der Waals surface area contributed by atoms with Crippen LogP contribution >= 0.6 is 15.9 Å². The first-order valence-electron chi connectivity index (χ1n) is 6.15. The number of rotatable bonds is 3. The molecule has 0 spiro atoms. The standard InChI is InChI=1S/C12H18BrN3O/c1-2-4-11-14-10(13)7-12(15-11)16-6-3-5-9(17)8-16/h7,9,17H,2-6,8H2,1H3. The van der Waals surface area contributed by atoms with Crippen molar-refractivity contribution in [3.05, 3.63) is 16.5 Å². The third-order valence-corrected chi connectivity index (χ3v) is 3.33. The van der Waals surface area contributed by atoms with Gasteiger partial charge in [0.25, 0.3) is 0 Å². The molecule has 5 heteroatoms. The van der Waals surface area contributed by atoms with Gasteiger partial charge < -0.3 is 10.0 Å². The van der Waals surface area contributed by atoms with Crippen molar-refractivity contribution in [1.29, 1.82) is 0 Å². The lowest BCUT2D eigenvalue weighted by atomic mass is 10.1. The molecule has 1 fully saturated rings. The predicted molar refractivity (Wildman–Crippen MR) is 71.2 cm³/mol. The number of β-amino-alcohol motifs (C(OH)–C–C–N with tert-alkyl or cyclic N) is 1. The quantitative estimate of drug-likeness (QED) is 0.869. The first kappa shape index (κ1) is 12.8. The van der Waals surface area contributed by atoms with E-state index in [0.29, 0.717) is 6.54 Å². The second kappa shape index (κ2) is 5.78. The van der Waals surface area contributed by atoms with E-state index in [0.717, 1.165) is 48.5 Å². The fourth-order valence-electron chi connectivity index (χ4n) is 2.11. The highest BCUT2D eigenvalue weighted by molar-refractivity contribution is 9.10. The van der Waals surface area contributed by atoms with E-state index in [1.54, 1.807) is 0 Å². The maximum absolute atomic E-state index is 9.69. The summed E-state index contributed by atoms with van der Waals surface area (Å²) in [5.41, 5.74) is 0. The molecule has 1 aromatic rings. The normalized spacial score (nSPS) is 20.6. The van der Waals surface area contributed by atoms with Gasteiger partial charge in [-0.3, -0.25) is 0 Å². The summed E-state index contributed by atoms with van der Waals surface area (Å²) < 4.78 is 0.825. The minimum atomic E-state index is -0.230. The van der Waals surface area contributed by atoms with Crippen LogP contribution in [0.25, 0.3) is 0 Å². The minimum absolute atomic E-state index is 0.230. The van der Waals surface area contributed by atoms with Gasteiger partial charge in [0.15, 0.2) is 0 Å². The molecular weight excluding hydrogens is 282 g/mol. The summed E-state index contributed by atoms with van der Waals surface area (Å²) in [4.78, 5) is 11.0. The molecular formula is C12H18BrN3O. The van der Waals surface area contributed by atoms with Crippen molar-refractivity contribution < 1.29 is 5.11 Å². The van der Waals surface area contributed by atoms with Crippen LogP contribution in [0.15, 0.2) is 10.7 Å². The van der Waals surface area contributed by atoms with Crippen LogP contribution in [0.3, 0.4) is 0 Å². The molecule has 0 amide bonds. The molecule has 2 heterocycles. The van der Waals surface area contributed by atoms with Crippen molar-refractivity contribution in [1.82, 2.24) is 9.97 Å². The first-order chi connectivity index (χ1) is 8.19. The van der Waals surface area contributed by atoms with Crippen molar-refractivity contribution in [3.8, 4) is 0 Å². The van der Waals surface area contributed by atoms with Gasteiger partial charge in [-0.15, -0.1) is 0 Å². The van der Waals surface area contributed by atoms with Crippen molar-refractivity contribution in [2.45, 2.75) is 38.7 Å². The second-order valence-corrected chi connectivity index (χ2v) is 5.27. The molecule has 0 aliphatic carbocycles. The summed E-state index contributed by atoms with van der Waals surface area (Å²) in [6.07, 6.45) is 3.62. The van der Waals surface area contributed by atoms with E-state index in [1.807, 2.05) is 6.07 Å². The predicted octanol–water partition coefficient (Wildman–Crippen LogP) is 2.15. The molecule has 1 atom stereocenters. The number of hydrogen-bond donors (Lipinski definition) is 1. The summed E-state index contributed by atoms with van der Waals surface area (Å²) in [5.74, 6) is 1.80. The van der Waals surface area contributed by atoms with Crippen LogP contribution in [-0.4, -0.2) is 34.3 Å². The second-order valence-electron chi connectivity index (χ2n) is 4.46. The molecule has 0 bridgehead atoms. The van der Waals surface area contributed by atoms with E-state index in [4.69, 9.17) is 0 Å². The Hall–Kier alpha value is -0.680. The Balaban J connectivity index is 2.18. The monoisotopic (exact) mass is 299 g/mol. The van der Waals surface area contributed by atoms with Crippen LogP contribution < -0.4 is 4.90 Å². The third-order valence-electron chi connectivity index (χ3n) is 2.92. The molecule has 1 N–H and O–H groups in total. The zero-order valence-corrected chi connectivity index (χ0v) is 11.7. The Morgan fingerprint density at radius 1 is 1.53 bits per heavy atom. The van der Waals surface area contributed by atoms with Crippen LogP contribution in [0.5, 0.6) is 0 Å². The van der Waals surface area contributed by atoms with E-state index in [9.17, 15) is 5.11 Å². The Kier molecular flexibility index (Phi) is 4.34. The summed E-state index contributed by atoms with van der Waals surface area (Å²) in [5, 5.41) is 9.69. The summed E-state index contributed by atoms with van der Waals surface area (Å²) >= 11 is 3.42. The zero-order valence-electron chi connectivity index (χ0n) is 10.1. The maximum Gasteiger partial charge on any atom is 0.133 e. The average molecular weight is 300 g/mol. The number of aryl methyl sites for hydroxylation is 1. The maximum atomic E-state index is 9.69. The highest BCUT2D eigenvalue weighted by Gasteiger charge is 2.19. The first-order valence-corrected chi connectivity index (χ1v) is 6.95. The van der Waals surface area contributed by atoms with Gasteiger partial charge in [-0.1, -0.05) is 6.92 Å². The van der Waals surface area contributed by atoms with E-state index in [-0.39, 0.29) is 6.10 Å². The van der Waals surface area contributed by atoms with Crippen LogP contribution in [0.1, 0.15) is 32.0 Å². The highest BCUT2D eigenvalue weighted by Crippen LogP contribution is 2.21. The lowest BCUT2D eigenvalue weighted by molar-refractivity contribution is 0.154. The Morgan fingerprint density at radius 3 is 3.06 bits per heavy atom. The molecule has 0 aromatic carbocycles. The van der Waals surface area contributed by atoms with Gasteiger partial charge in [0.05, 0.1) is 6.10 Å². The Morgan fingerprint density at radius 2 is 2.35 bits per heavy atom. The number of aliphatic hydroxyl groups excluding tert-OH is 1. The topological polar surface area (TPSA) is 49.2 Å². The number of aromatic nitrogens is 2. The van der Waals surface area contributed by atoms with Gasteiger partial charge in [0.1, 0.15) is 16.2 Å². The largest absolute Gasteiger partial charge is 0.391 e. The summed E-state index contributed by atoms with van der Waals surface area (Å²) in [7, 11) is 0. The molecule has 0 radical (unpaired) electrons. The molecule has 2 rings (SSSR count). The van der Waals surface area contributed by atoms with E-state index < -0.39 is 0 Å². The van der Waals surface area contributed by atoms with Crippen molar-refractivity contribution in [3.63, 3.8) is 0 Å². The van der Waals surface area contributed by atoms with Crippen molar-refractivity contribution in [2.75, 3.05) is 18.0 Å². The SMILES string of the molecule is CCCc1nc(Br)cc(N2CCCC(O)C2)n1. The number of anilines is 1. The summed E-state index contributed by atoms with van der Waals surface area (Å²) in [6.45, 7) is 3.76. The summed E-state index contributed by atoms with van der Waals surface area (Å²) in [6, 6.07) is 1.93. The Bertz CT molecular complexity index is 386. The number of halogens is 1. The number of hydrogen-bond acceptors (Lipinski definition) is 4. The Labute approximate surface area is 110 Å². The molecule has 1 saturated heterocycles. The molecule has 94 valence electrons. The zero-order chi connectivity index (χ0) is 12.3.